The predicted molar refractivity (Wildman–Crippen MR) is 82.0 cm³/mol. The lowest BCUT2D eigenvalue weighted by atomic mass is 10.1. The Morgan fingerprint density at radius 3 is 2.65 bits per heavy atom. The molecule has 0 aliphatic carbocycles. The minimum atomic E-state index is 0.740. The largest absolute Gasteiger partial charge is 0.384 e. The van der Waals surface area contributed by atoms with Gasteiger partial charge in [-0.2, -0.15) is 5.10 Å². The number of methoxy groups -OCH3 is 1. The number of hydrogen-bond acceptors (Lipinski definition) is 3. The van der Waals surface area contributed by atoms with E-state index < -0.39 is 0 Å². The van der Waals surface area contributed by atoms with Gasteiger partial charge in [0.25, 0.3) is 0 Å². The Balaban J connectivity index is 2.10. The molecule has 20 heavy (non-hydrogen) atoms. The van der Waals surface area contributed by atoms with Crippen LogP contribution in [-0.2, 0) is 24.8 Å². The molecular weight excluding hydrogens is 250 g/mol. The van der Waals surface area contributed by atoms with Crippen LogP contribution in [0, 0.1) is 13.8 Å². The second kappa shape index (κ2) is 6.57. The van der Waals surface area contributed by atoms with Crippen LogP contribution < -0.4 is 5.32 Å². The number of rotatable bonds is 6. The van der Waals surface area contributed by atoms with Gasteiger partial charge in [-0.05, 0) is 31.9 Å². The molecule has 1 heterocycles. The first kappa shape index (κ1) is 14.6. The maximum Gasteiger partial charge on any atom is 0.0646 e. The normalized spacial score (nSPS) is 10.8. The van der Waals surface area contributed by atoms with Crippen molar-refractivity contribution in [1.82, 2.24) is 9.78 Å². The van der Waals surface area contributed by atoms with Crippen LogP contribution in [0.25, 0.3) is 0 Å². The first-order valence-corrected chi connectivity index (χ1v) is 6.93. The molecule has 0 saturated carbocycles. The topological polar surface area (TPSA) is 39.1 Å². The molecule has 0 amide bonds. The van der Waals surface area contributed by atoms with Gasteiger partial charge in [0, 0.05) is 37.6 Å². The lowest BCUT2D eigenvalue weighted by Gasteiger charge is -2.12. The number of hydrogen-bond donors (Lipinski definition) is 1. The summed E-state index contributed by atoms with van der Waals surface area (Å²) >= 11 is 0. The molecule has 0 fully saturated rings. The zero-order valence-corrected chi connectivity index (χ0v) is 12.7. The van der Waals surface area contributed by atoms with Crippen LogP contribution in [0.5, 0.6) is 0 Å². The molecule has 0 radical (unpaired) electrons. The fourth-order valence-electron chi connectivity index (χ4n) is 2.38. The van der Waals surface area contributed by atoms with Crippen LogP contribution in [0.3, 0.4) is 0 Å². The molecule has 4 heteroatoms. The summed E-state index contributed by atoms with van der Waals surface area (Å²) in [6.07, 6.45) is 0.921. The molecule has 0 aliphatic rings. The minimum Gasteiger partial charge on any atom is -0.384 e. The lowest BCUT2D eigenvalue weighted by Crippen LogP contribution is -2.06. The van der Waals surface area contributed by atoms with Crippen molar-refractivity contribution in [3.63, 3.8) is 0 Å². The average molecular weight is 273 g/mol. The summed E-state index contributed by atoms with van der Waals surface area (Å²) in [5.41, 5.74) is 6.03. The van der Waals surface area contributed by atoms with Crippen LogP contribution in [0.4, 0.5) is 5.69 Å². The summed E-state index contributed by atoms with van der Waals surface area (Å²) in [6, 6.07) is 8.38. The van der Waals surface area contributed by atoms with Gasteiger partial charge >= 0.3 is 0 Å². The number of para-hydroxylation sites is 1. The minimum absolute atomic E-state index is 0.740. The van der Waals surface area contributed by atoms with Crippen molar-refractivity contribution in [2.24, 2.45) is 7.05 Å². The first-order chi connectivity index (χ1) is 9.63. The zero-order chi connectivity index (χ0) is 14.5. The Morgan fingerprint density at radius 2 is 2.00 bits per heavy atom. The molecule has 1 N–H and O–H groups in total. The Hall–Kier alpha value is -1.81. The third kappa shape index (κ3) is 3.20. The fourth-order valence-corrected chi connectivity index (χ4v) is 2.38. The van der Waals surface area contributed by atoms with Gasteiger partial charge < -0.3 is 10.1 Å². The Labute approximate surface area is 120 Å². The quantitative estimate of drug-likeness (QED) is 0.879. The number of aromatic nitrogens is 2. The highest BCUT2D eigenvalue weighted by Gasteiger charge is 2.09. The second-order valence-electron chi connectivity index (χ2n) is 5.03. The number of aryl methyl sites for hydroxylation is 2. The van der Waals surface area contributed by atoms with E-state index in [0.717, 1.165) is 25.3 Å². The summed E-state index contributed by atoms with van der Waals surface area (Å²) in [7, 11) is 3.72. The highest BCUT2D eigenvalue weighted by molar-refractivity contribution is 5.51. The molecule has 2 rings (SSSR count). The Kier molecular flexibility index (Phi) is 4.79. The summed E-state index contributed by atoms with van der Waals surface area (Å²) in [5.74, 6) is 0. The van der Waals surface area contributed by atoms with E-state index in [2.05, 4.69) is 48.5 Å². The number of benzene rings is 1. The number of nitrogens with zero attached hydrogens (tertiary/aromatic N) is 2. The number of ether oxygens (including phenoxy) is 1. The van der Waals surface area contributed by atoms with E-state index in [-0.39, 0.29) is 0 Å². The van der Waals surface area contributed by atoms with Gasteiger partial charge in [0.15, 0.2) is 0 Å². The van der Waals surface area contributed by atoms with Gasteiger partial charge in [0.05, 0.1) is 12.3 Å². The van der Waals surface area contributed by atoms with Crippen molar-refractivity contribution >= 4 is 5.69 Å². The van der Waals surface area contributed by atoms with Gasteiger partial charge in [0.2, 0.25) is 0 Å². The van der Waals surface area contributed by atoms with Crippen LogP contribution in [-0.4, -0.2) is 23.5 Å². The number of nitrogens with one attached hydrogen (secondary N) is 1. The van der Waals surface area contributed by atoms with Crippen molar-refractivity contribution in [1.29, 1.82) is 0 Å². The molecule has 0 bridgehead atoms. The van der Waals surface area contributed by atoms with Crippen molar-refractivity contribution < 1.29 is 4.74 Å². The predicted octanol–water partition coefficient (Wildman–Crippen LogP) is 2.84. The Morgan fingerprint density at radius 1 is 1.25 bits per heavy atom. The van der Waals surface area contributed by atoms with Gasteiger partial charge in [-0.3, -0.25) is 4.68 Å². The van der Waals surface area contributed by atoms with Crippen molar-refractivity contribution in [2.75, 3.05) is 19.0 Å². The van der Waals surface area contributed by atoms with Crippen LogP contribution >= 0.6 is 0 Å². The van der Waals surface area contributed by atoms with Gasteiger partial charge in [-0.1, -0.05) is 18.2 Å². The second-order valence-corrected chi connectivity index (χ2v) is 5.03. The van der Waals surface area contributed by atoms with E-state index in [4.69, 9.17) is 4.74 Å². The molecule has 0 unspecified atom stereocenters. The van der Waals surface area contributed by atoms with Crippen molar-refractivity contribution in [2.45, 2.75) is 26.8 Å². The van der Waals surface area contributed by atoms with E-state index >= 15 is 0 Å². The third-order valence-electron chi connectivity index (χ3n) is 3.71. The van der Waals surface area contributed by atoms with Gasteiger partial charge in [-0.15, -0.1) is 0 Å². The number of anilines is 1. The van der Waals surface area contributed by atoms with E-state index in [9.17, 15) is 0 Å². The smallest absolute Gasteiger partial charge is 0.0646 e. The maximum absolute atomic E-state index is 5.16. The van der Waals surface area contributed by atoms with Crippen molar-refractivity contribution in [3.8, 4) is 0 Å². The van der Waals surface area contributed by atoms with Crippen LogP contribution in [0.1, 0.15) is 22.5 Å². The van der Waals surface area contributed by atoms with E-state index in [1.165, 1.54) is 22.5 Å². The SMILES string of the molecule is COCCc1ccccc1NCc1c(C)nn(C)c1C. The molecule has 0 aliphatic heterocycles. The molecule has 108 valence electrons. The highest BCUT2D eigenvalue weighted by atomic mass is 16.5. The first-order valence-electron chi connectivity index (χ1n) is 6.93. The van der Waals surface area contributed by atoms with Crippen molar-refractivity contribution in [3.05, 3.63) is 46.8 Å². The van der Waals surface area contributed by atoms with Gasteiger partial charge in [0.1, 0.15) is 0 Å². The highest BCUT2D eigenvalue weighted by Crippen LogP contribution is 2.19. The van der Waals surface area contributed by atoms with E-state index in [0.29, 0.717) is 0 Å². The van der Waals surface area contributed by atoms with E-state index in [1.807, 2.05) is 11.7 Å². The van der Waals surface area contributed by atoms with E-state index in [1.54, 1.807) is 7.11 Å². The molecule has 1 aromatic carbocycles. The molecule has 1 aromatic heterocycles. The van der Waals surface area contributed by atoms with Crippen LogP contribution in [0.15, 0.2) is 24.3 Å². The molecule has 0 saturated heterocycles. The Bertz CT molecular complexity index is 575. The zero-order valence-electron chi connectivity index (χ0n) is 12.7. The summed E-state index contributed by atoms with van der Waals surface area (Å²) in [6.45, 7) is 5.70. The molecular formula is C16H23N3O. The molecule has 0 atom stereocenters. The van der Waals surface area contributed by atoms with Gasteiger partial charge in [-0.25, -0.2) is 0 Å². The monoisotopic (exact) mass is 273 g/mol. The maximum atomic E-state index is 5.16. The molecule has 2 aromatic rings. The summed E-state index contributed by atoms with van der Waals surface area (Å²) in [5, 5.41) is 7.98. The standard InChI is InChI=1S/C16H23N3O/c1-12-15(13(2)19(3)18-12)11-17-16-8-6-5-7-14(16)9-10-20-4/h5-8,17H,9-11H2,1-4H3. The third-order valence-corrected chi connectivity index (χ3v) is 3.71. The molecule has 4 nitrogen and oxygen atoms in total. The summed E-state index contributed by atoms with van der Waals surface area (Å²) < 4.78 is 7.10. The fraction of sp³-hybridized carbons (Fsp3) is 0.438. The van der Waals surface area contributed by atoms with Crippen LogP contribution in [0.2, 0.25) is 0 Å². The lowest BCUT2D eigenvalue weighted by molar-refractivity contribution is 0.202. The molecule has 0 spiro atoms. The average Bonchev–Trinajstić information content (AvgIpc) is 2.69. The summed E-state index contributed by atoms with van der Waals surface area (Å²) in [4.78, 5) is 0.